The zero-order chi connectivity index (χ0) is 9.84. The topological polar surface area (TPSA) is 17.1 Å². The molecule has 0 amide bonds. The van der Waals surface area contributed by atoms with E-state index in [-0.39, 0.29) is 11.8 Å². The monoisotopic (exact) mass is 188 g/mol. The van der Waals surface area contributed by atoms with Gasteiger partial charge in [-0.05, 0) is 6.07 Å². The Bertz CT molecular complexity index is 299. The molecule has 1 aromatic rings. The van der Waals surface area contributed by atoms with E-state index in [4.69, 9.17) is 0 Å². The van der Waals surface area contributed by atoms with Crippen LogP contribution in [0.1, 0.15) is 11.5 Å². The summed E-state index contributed by atoms with van der Waals surface area (Å²) in [5.41, 5.74) is -0.257. The predicted molar refractivity (Wildman–Crippen MR) is 41.2 cm³/mol. The molecule has 13 heavy (non-hydrogen) atoms. The maximum atomic E-state index is 12.9. The van der Waals surface area contributed by atoms with Crippen LogP contribution in [-0.2, 0) is 4.79 Å². The van der Waals surface area contributed by atoms with Gasteiger partial charge in [0.2, 0.25) is 0 Å². The van der Waals surface area contributed by atoms with Crippen molar-refractivity contribution in [1.29, 1.82) is 0 Å². The van der Waals surface area contributed by atoms with Crippen molar-refractivity contribution >= 4 is 6.29 Å². The smallest absolute Gasteiger partial charge is 0.252 e. The third-order valence-corrected chi connectivity index (χ3v) is 1.68. The molecule has 0 bridgehead atoms. The standard InChI is InChI=1S/C9H7F3O/c10-8-4-2-1-3-6(8)7(5-13)9(11)12/h1-5,7,9H. The van der Waals surface area contributed by atoms with Gasteiger partial charge in [0.1, 0.15) is 18.0 Å². The van der Waals surface area contributed by atoms with Gasteiger partial charge >= 0.3 is 0 Å². The highest BCUT2D eigenvalue weighted by Gasteiger charge is 2.24. The predicted octanol–water partition coefficient (Wildman–Crippen LogP) is 2.37. The fourth-order valence-corrected chi connectivity index (χ4v) is 1.01. The van der Waals surface area contributed by atoms with Gasteiger partial charge in [-0.2, -0.15) is 0 Å². The molecule has 4 heteroatoms. The van der Waals surface area contributed by atoms with Gasteiger partial charge in [-0.25, -0.2) is 13.2 Å². The van der Waals surface area contributed by atoms with E-state index in [9.17, 15) is 18.0 Å². The lowest BCUT2D eigenvalue weighted by Crippen LogP contribution is -2.12. The van der Waals surface area contributed by atoms with E-state index < -0.39 is 18.2 Å². The molecular weight excluding hydrogens is 181 g/mol. The quantitative estimate of drug-likeness (QED) is 0.665. The fraction of sp³-hybridized carbons (Fsp3) is 0.222. The molecule has 0 saturated carbocycles. The molecule has 0 radical (unpaired) electrons. The molecule has 0 aromatic heterocycles. The summed E-state index contributed by atoms with van der Waals surface area (Å²) < 4.78 is 37.2. The van der Waals surface area contributed by atoms with Crippen molar-refractivity contribution < 1.29 is 18.0 Å². The SMILES string of the molecule is O=CC(c1ccccc1F)C(F)F. The van der Waals surface area contributed by atoms with Crippen LogP contribution in [0.2, 0.25) is 0 Å². The summed E-state index contributed by atoms with van der Waals surface area (Å²) in [5, 5.41) is 0. The highest BCUT2D eigenvalue weighted by Crippen LogP contribution is 2.23. The van der Waals surface area contributed by atoms with Gasteiger partial charge in [0, 0.05) is 5.56 Å². The van der Waals surface area contributed by atoms with Crippen LogP contribution < -0.4 is 0 Å². The van der Waals surface area contributed by atoms with Crippen LogP contribution in [0.15, 0.2) is 24.3 Å². The Hall–Kier alpha value is -1.32. The van der Waals surface area contributed by atoms with Gasteiger partial charge in [-0.15, -0.1) is 0 Å². The normalized spacial score (nSPS) is 12.9. The molecule has 0 fully saturated rings. The van der Waals surface area contributed by atoms with Crippen LogP contribution in [0.5, 0.6) is 0 Å². The largest absolute Gasteiger partial charge is 0.302 e. The van der Waals surface area contributed by atoms with E-state index >= 15 is 0 Å². The van der Waals surface area contributed by atoms with E-state index in [1.54, 1.807) is 0 Å². The van der Waals surface area contributed by atoms with Crippen LogP contribution in [0, 0.1) is 5.82 Å². The summed E-state index contributed by atoms with van der Waals surface area (Å²) in [6.07, 6.45) is -2.81. The first-order chi connectivity index (χ1) is 6.16. The molecule has 0 N–H and O–H groups in total. The third kappa shape index (κ3) is 2.08. The van der Waals surface area contributed by atoms with Crippen molar-refractivity contribution in [1.82, 2.24) is 0 Å². The molecule has 0 aliphatic heterocycles. The van der Waals surface area contributed by atoms with Crippen molar-refractivity contribution in [3.05, 3.63) is 35.6 Å². The van der Waals surface area contributed by atoms with Gasteiger partial charge < -0.3 is 4.79 Å². The van der Waals surface area contributed by atoms with E-state index in [1.807, 2.05) is 0 Å². The number of carbonyl (C=O) groups is 1. The van der Waals surface area contributed by atoms with Crippen molar-refractivity contribution in [2.45, 2.75) is 12.3 Å². The van der Waals surface area contributed by atoms with Crippen molar-refractivity contribution in [3.63, 3.8) is 0 Å². The number of aldehydes is 1. The van der Waals surface area contributed by atoms with E-state index in [1.165, 1.54) is 18.2 Å². The van der Waals surface area contributed by atoms with Crippen molar-refractivity contribution in [2.24, 2.45) is 0 Å². The van der Waals surface area contributed by atoms with Crippen LogP contribution in [0.4, 0.5) is 13.2 Å². The number of halogens is 3. The number of rotatable bonds is 3. The Kier molecular flexibility index (Phi) is 3.06. The lowest BCUT2D eigenvalue weighted by atomic mass is 10.0. The maximum Gasteiger partial charge on any atom is 0.252 e. The number of hydrogen-bond donors (Lipinski definition) is 0. The van der Waals surface area contributed by atoms with Gasteiger partial charge in [-0.1, -0.05) is 18.2 Å². The summed E-state index contributed by atoms with van der Waals surface area (Å²) in [5.74, 6) is -2.44. The first-order valence-corrected chi connectivity index (χ1v) is 3.64. The Morgan fingerprint density at radius 3 is 2.31 bits per heavy atom. The van der Waals surface area contributed by atoms with Crippen LogP contribution in [0.3, 0.4) is 0 Å². The fourth-order valence-electron chi connectivity index (χ4n) is 1.01. The second-order valence-electron chi connectivity index (χ2n) is 2.52. The van der Waals surface area contributed by atoms with Gasteiger partial charge in [0.05, 0.1) is 0 Å². The Balaban J connectivity index is 3.04. The van der Waals surface area contributed by atoms with Crippen molar-refractivity contribution in [3.8, 4) is 0 Å². The van der Waals surface area contributed by atoms with Crippen molar-refractivity contribution in [2.75, 3.05) is 0 Å². The molecule has 0 saturated heterocycles. The van der Waals surface area contributed by atoms with Crippen LogP contribution in [-0.4, -0.2) is 12.7 Å². The molecule has 0 aliphatic rings. The molecule has 0 spiro atoms. The van der Waals surface area contributed by atoms with Gasteiger partial charge in [0.15, 0.2) is 0 Å². The summed E-state index contributed by atoms with van der Waals surface area (Å²) in [6.45, 7) is 0. The molecule has 0 aliphatic carbocycles. The lowest BCUT2D eigenvalue weighted by Gasteiger charge is -2.09. The first kappa shape index (κ1) is 9.77. The highest BCUT2D eigenvalue weighted by molar-refractivity contribution is 5.62. The zero-order valence-corrected chi connectivity index (χ0v) is 6.58. The molecule has 1 aromatic carbocycles. The summed E-state index contributed by atoms with van der Waals surface area (Å²) in [4.78, 5) is 10.3. The minimum absolute atomic E-state index is 0.0586. The van der Waals surface area contributed by atoms with Gasteiger partial charge in [0.25, 0.3) is 6.43 Å². The molecule has 0 heterocycles. The molecule has 1 rings (SSSR count). The molecular formula is C9H7F3O. The number of hydrogen-bond acceptors (Lipinski definition) is 1. The zero-order valence-electron chi connectivity index (χ0n) is 6.58. The van der Waals surface area contributed by atoms with E-state index in [0.717, 1.165) is 6.07 Å². The number of alkyl halides is 2. The molecule has 1 nitrogen and oxygen atoms in total. The minimum Gasteiger partial charge on any atom is -0.302 e. The molecule has 70 valence electrons. The number of carbonyl (C=O) groups excluding carboxylic acids is 1. The Labute approximate surface area is 73.2 Å². The molecule has 1 unspecified atom stereocenters. The summed E-state index contributed by atoms with van der Waals surface area (Å²) >= 11 is 0. The maximum absolute atomic E-state index is 12.9. The van der Waals surface area contributed by atoms with Crippen LogP contribution >= 0.6 is 0 Å². The number of benzene rings is 1. The molecule has 1 atom stereocenters. The lowest BCUT2D eigenvalue weighted by molar-refractivity contribution is -0.112. The average Bonchev–Trinajstić information content (AvgIpc) is 2.09. The Morgan fingerprint density at radius 2 is 1.85 bits per heavy atom. The Morgan fingerprint density at radius 1 is 1.23 bits per heavy atom. The summed E-state index contributed by atoms with van der Waals surface area (Å²) in [6, 6.07) is 5.03. The van der Waals surface area contributed by atoms with Crippen LogP contribution in [0.25, 0.3) is 0 Å². The first-order valence-electron chi connectivity index (χ1n) is 3.64. The third-order valence-electron chi connectivity index (χ3n) is 1.68. The van der Waals surface area contributed by atoms with E-state index in [2.05, 4.69) is 0 Å². The second-order valence-corrected chi connectivity index (χ2v) is 2.52. The minimum atomic E-state index is -2.87. The van der Waals surface area contributed by atoms with Gasteiger partial charge in [-0.3, -0.25) is 0 Å². The van der Waals surface area contributed by atoms with E-state index in [0.29, 0.717) is 0 Å². The average molecular weight is 188 g/mol. The highest BCUT2D eigenvalue weighted by atomic mass is 19.3. The second kappa shape index (κ2) is 4.07. The summed E-state index contributed by atoms with van der Waals surface area (Å²) in [7, 11) is 0.